The Labute approximate surface area is 83.0 Å². The molecule has 0 bridgehead atoms. The average molecular weight is 270 g/mol. The van der Waals surface area contributed by atoms with E-state index in [-0.39, 0.29) is 16.9 Å². The molecule has 0 saturated heterocycles. The first-order valence-electron chi connectivity index (χ1n) is 3.01. The molecule has 0 aliphatic rings. The lowest BCUT2D eigenvalue weighted by Crippen LogP contribution is -1.84. The summed E-state index contributed by atoms with van der Waals surface area (Å²) in [6.07, 6.45) is 0. The third-order valence-corrected chi connectivity index (χ3v) is 1.94. The van der Waals surface area contributed by atoms with E-state index in [1.807, 2.05) is 22.6 Å². The molecule has 0 saturated carbocycles. The molecule has 1 aromatic rings. The van der Waals surface area contributed by atoms with Crippen LogP contribution in [0.2, 0.25) is 0 Å². The number of rotatable bonds is 0. The fourth-order valence-corrected chi connectivity index (χ4v) is 1.39. The first kappa shape index (κ1) is 8.82. The fraction of sp³-hybridized carbons (Fsp3) is 0. The van der Waals surface area contributed by atoms with E-state index in [1.165, 1.54) is 12.1 Å². The van der Waals surface area contributed by atoms with Crippen molar-refractivity contribution >= 4 is 22.6 Å². The maximum atomic E-state index is 9.26. The Kier molecular flexibility index (Phi) is 2.51. The highest BCUT2D eigenvalue weighted by molar-refractivity contribution is 14.1. The Bertz CT molecular complexity index is 365. The minimum absolute atomic E-state index is 0.137. The van der Waals surface area contributed by atoms with Crippen molar-refractivity contribution in [3.8, 4) is 17.9 Å². The summed E-state index contributed by atoms with van der Waals surface area (Å²) in [7, 11) is 0. The maximum Gasteiger partial charge on any atom is 0.151 e. The predicted octanol–water partition coefficient (Wildman–Crippen LogP) is 1.74. The number of benzene rings is 1. The Hall–Kier alpha value is -1.27. The topological polar surface area (TPSA) is 67.8 Å². The van der Waals surface area contributed by atoms with Gasteiger partial charge < -0.3 is 5.11 Å². The second-order valence-corrected chi connectivity index (χ2v) is 3.32. The molecule has 0 aliphatic heterocycles. The van der Waals surface area contributed by atoms with Crippen LogP contribution in [0, 0.1) is 26.2 Å². The molecule has 3 nitrogen and oxygen atoms in total. The molecule has 1 N–H and O–H groups in total. The van der Waals surface area contributed by atoms with Gasteiger partial charge >= 0.3 is 0 Å². The zero-order chi connectivity index (χ0) is 9.14. The van der Waals surface area contributed by atoms with E-state index in [0.29, 0.717) is 0 Å². The number of aromatic hydroxyl groups is 1. The first-order valence-corrected chi connectivity index (χ1v) is 4.09. The number of nitrogens with zero attached hydrogens (tertiary/aromatic N) is 2. The van der Waals surface area contributed by atoms with Gasteiger partial charge in [-0.15, -0.1) is 0 Å². The number of hydrogen-bond acceptors (Lipinski definition) is 3. The van der Waals surface area contributed by atoms with Crippen LogP contribution < -0.4 is 0 Å². The molecule has 0 amide bonds. The predicted molar refractivity (Wildman–Crippen MR) is 50.3 cm³/mol. The number of nitriles is 2. The van der Waals surface area contributed by atoms with Crippen molar-refractivity contribution in [2.24, 2.45) is 0 Å². The van der Waals surface area contributed by atoms with Gasteiger partial charge in [-0.25, -0.2) is 0 Å². The molecule has 0 unspecified atom stereocenters. The third-order valence-electron chi connectivity index (χ3n) is 1.32. The Morgan fingerprint density at radius 1 is 1.17 bits per heavy atom. The van der Waals surface area contributed by atoms with E-state index in [1.54, 1.807) is 12.1 Å². The molecule has 4 heteroatoms. The maximum absolute atomic E-state index is 9.26. The quantitative estimate of drug-likeness (QED) is 0.730. The van der Waals surface area contributed by atoms with Crippen LogP contribution in [0.4, 0.5) is 0 Å². The summed E-state index contributed by atoms with van der Waals surface area (Å²) < 4.78 is 0.763. The second-order valence-electron chi connectivity index (χ2n) is 2.07. The zero-order valence-corrected chi connectivity index (χ0v) is 8.03. The van der Waals surface area contributed by atoms with Gasteiger partial charge in [0.2, 0.25) is 0 Å². The molecule has 0 spiro atoms. The molecule has 12 heavy (non-hydrogen) atoms. The molecule has 1 aromatic carbocycles. The van der Waals surface area contributed by atoms with E-state index in [4.69, 9.17) is 10.5 Å². The van der Waals surface area contributed by atoms with Crippen LogP contribution in [-0.4, -0.2) is 5.11 Å². The Morgan fingerprint density at radius 3 is 1.92 bits per heavy atom. The van der Waals surface area contributed by atoms with E-state index in [0.717, 1.165) is 3.57 Å². The van der Waals surface area contributed by atoms with Crippen LogP contribution in [0.1, 0.15) is 11.1 Å². The van der Waals surface area contributed by atoms with Gasteiger partial charge in [0, 0.05) is 3.57 Å². The highest BCUT2D eigenvalue weighted by Gasteiger charge is 2.07. The minimum atomic E-state index is -0.236. The van der Waals surface area contributed by atoms with E-state index < -0.39 is 0 Å². The van der Waals surface area contributed by atoms with Crippen LogP contribution >= 0.6 is 22.6 Å². The van der Waals surface area contributed by atoms with Crippen molar-refractivity contribution in [1.82, 2.24) is 0 Å². The van der Waals surface area contributed by atoms with Crippen molar-refractivity contribution in [3.63, 3.8) is 0 Å². The van der Waals surface area contributed by atoms with Gasteiger partial charge in [-0.1, -0.05) is 0 Å². The van der Waals surface area contributed by atoms with E-state index >= 15 is 0 Å². The average Bonchev–Trinajstić information content (AvgIpc) is 2.08. The molecule has 58 valence electrons. The van der Waals surface area contributed by atoms with Gasteiger partial charge in [0.1, 0.15) is 12.1 Å². The third kappa shape index (κ3) is 1.49. The molecule has 1 rings (SSSR count). The fourth-order valence-electron chi connectivity index (χ4n) is 0.770. The van der Waals surface area contributed by atoms with Crippen molar-refractivity contribution in [3.05, 3.63) is 26.8 Å². The molecule has 0 aromatic heterocycles. The van der Waals surface area contributed by atoms with Gasteiger partial charge in [0.05, 0.1) is 11.1 Å². The summed E-state index contributed by atoms with van der Waals surface area (Å²) in [4.78, 5) is 0. The number of hydrogen-bond donors (Lipinski definition) is 1. The summed E-state index contributed by atoms with van der Waals surface area (Å²) in [5.74, 6) is -0.236. The SMILES string of the molecule is N#Cc1cc(I)cc(C#N)c1O. The summed E-state index contributed by atoms with van der Waals surface area (Å²) >= 11 is 1.98. The lowest BCUT2D eigenvalue weighted by atomic mass is 10.1. The van der Waals surface area contributed by atoms with Crippen LogP contribution in [-0.2, 0) is 0 Å². The number of phenols is 1. The smallest absolute Gasteiger partial charge is 0.151 e. The molecular formula is C8H3IN2O. The molecule has 0 heterocycles. The van der Waals surface area contributed by atoms with Gasteiger partial charge in [-0.3, -0.25) is 0 Å². The van der Waals surface area contributed by atoms with Crippen LogP contribution in [0.3, 0.4) is 0 Å². The molecule has 0 aliphatic carbocycles. The number of phenolic OH excluding ortho intramolecular Hbond substituents is 1. The molecule has 0 radical (unpaired) electrons. The zero-order valence-electron chi connectivity index (χ0n) is 5.87. The van der Waals surface area contributed by atoms with Crippen LogP contribution in [0.15, 0.2) is 12.1 Å². The highest BCUT2D eigenvalue weighted by Crippen LogP contribution is 2.23. The minimum Gasteiger partial charge on any atom is -0.505 e. The van der Waals surface area contributed by atoms with Gasteiger partial charge in [0.25, 0.3) is 0 Å². The summed E-state index contributed by atoms with van der Waals surface area (Å²) in [6, 6.07) is 6.66. The largest absolute Gasteiger partial charge is 0.505 e. The lowest BCUT2D eigenvalue weighted by molar-refractivity contribution is 0.471. The molecule has 0 atom stereocenters. The number of halogens is 1. The van der Waals surface area contributed by atoms with Crippen molar-refractivity contribution < 1.29 is 5.11 Å². The van der Waals surface area contributed by atoms with Crippen molar-refractivity contribution in [2.45, 2.75) is 0 Å². The van der Waals surface area contributed by atoms with Crippen LogP contribution in [0.5, 0.6) is 5.75 Å². The summed E-state index contributed by atoms with van der Waals surface area (Å²) in [6.45, 7) is 0. The standard InChI is InChI=1S/C8H3IN2O/c9-7-1-5(3-10)8(12)6(2-7)4-11/h1-2,12H. The van der Waals surface area contributed by atoms with Gasteiger partial charge in [-0.2, -0.15) is 10.5 Å². The molecule has 0 fully saturated rings. The highest BCUT2D eigenvalue weighted by atomic mass is 127. The van der Waals surface area contributed by atoms with Crippen molar-refractivity contribution in [2.75, 3.05) is 0 Å². The van der Waals surface area contributed by atoms with E-state index in [9.17, 15) is 5.11 Å². The summed E-state index contributed by atoms with van der Waals surface area (Å²) in [5, 5.41) is 26.3. The normalized spacial score (nSPS) is 8.58. The Balaban J connectivity index is 3.48. The first-order chi connectivity index (χ1) is 5.69. The van der Waals surface area contributed by atoms with Crippen LogP contribution in [0.25, 0.3) is 0 Å². The summed E-state index contributed by atoms with van der Waals surface area (Å²) in [5.41, 5.74) is 0.275. The van der Waals surface area contributed by atoms with Crippen molar-refractivity contribution in [1.29, 1.82) is 10.5 Å². The molecular weight excluding hydrogens is 267 g/mol. The lowest BCUT2D eigenvalue weighted by Gasteiger charge is -1.98. The van der Waals surface area contributed by atoms with Gasteiger partial charge in [0.15, 0.2) is 5.75 Å². The Morgan fingerprint density at radius 2 is 1.58 bits per heavy atom. The van der Waals surface area contributed by atoms with E-state index in [2.05, 4.69) is 0 Å². The second kappa shape index (κ2) is 3.42. The van der Waals surface area contributed by atoms with Gasteiger partial charge in [-0.05, 0) is 34.7 Å². The monoisotopic (exact) mass is 270 g/mol.